The van der Waals surface area contributed by atoms with Crippen molar-refractivity contribution in [3.63, 3.8) is 0 Å². The van der Waals surface area contributed by atoms with Crippen molar-refractivity contribution < 1.29 is 0 Å². The fourth-order valence-electron chi connectivity index (χ4n) is 2.67. The highest BCUT2D eigenvalue weighted by molar-refractivity contribution is 6.30. The molecule has 0 fully saturated rings. The summed E-state index contributed by atoms with van der Waals surface area (Å²) in [7, 11) is 0. The molecular weight excluding hydrogens is 278 g/mol. The van der Waals surface area contributed by atoms with Crippen LogP contribution in [0.25, 0.3) is 0 Å². The van der Waals surface area contributed by atoms with Crippen LogP contribution in [0.2, 0.25) is 5.02 Å². The van der Waals surface area contributed by atoms with Crippen molar-refractivity contribution in [1.29, 1.82) is 0 Å². The van der Waals surface area contributed by atoms with Crippen LogP contribution in [0.1, 0.15) is 29.2 Å². The van der Waals surface area contributed by atoms with Crippen LogP contribution < -0.4 is 5.32 Å². The number of rotatable bonds is 6. The molecule has 2 aromatic rings. The van der Waals surface area contributed by atoms with Gasteiger partial charge in [-0.05, 0) is 67.6 Å². The number of hydrogen-bond acceptors (Lipinski definition) is 1. The van der Waals surface area contributed by atoms with E-state index in [2.05, 4.69) is 56.4 Å². The van der Waals surface area contributed by atoms with Crippen molar-refractivity contribution in [3.05, 3.63) is 69.7 Å². The predicted molar refractivity (Wildman–Crippen MR) is 92.2 cm³/mol. The van der Waals surface area contributed by atoms with Crippen LogP contribution in [-0.2, 0) is 12.8 Å². The molecule has 21 heavy (non-hydrogen) atoms. The minimum atomic E-state index is 0.440. The van der Waals surface area contributed by atoms with Crippen molar-refractivity contribution in [2.75, 3.05) is 6.54 Å². The van der Waals surface area contributed by atoms with Crippen LogP contribution in [-0.4, -0.2) is 12.6 Å². The molecule has 0 heterocycles. The van der Waals surface area contributed by atoms with Crippen molar-refractivity contribution in [2.24, 2.45) is 0 Å². The maximum absolute atomic E-state index is 6.08. The lowest BCUT2D eigenvalue weighted by atomic mass is 9.96. The molecule has 1 nitrogen and oxygen atoms in total. The van der Waals surface area contributed by atoms with Gasteiger partial charge in [-0.25, -0.2) is 0 Å². The first kappa shape index (κ1) is 16.1. The summed E-state index contributed by atoms with van der Waals surface area (Å²) in [6.45, 7) is 7.48. The molecule has 0 aliphatic carbocycles. The standard InChI is InChI=1S/C19H24ClN/c1-4-21-19(12-16-6-5-7-18(20)11-16)13-17-9-8-14(2)15(3)10-17/h5-11,19,21H,4,12-13H2,1-3H3. The highest BCUT2D eigenvalue weighted by Crippen LogP contribution is 2.16. The van der Waals surface area contributed by atoms with Gasteiger partial charge in [0.1, 0.15) is 0 Å². The largest absolute Gasteiger partial charge is 0.314 e. The molecule has 2 aromatic carbocycles. The fraction of sp³-hybridized carbons (Fsp3) is 0.368. The van der Waals surface area contributed by atoms with E-state index < -0.39 is 0 Å². The van der Waals surface area contributed by atoms with Gasteiger partial charge in [0.2, 0.25) is 0 Å². The lowest BCUT2D eigenvalue weighted by molar-refractivity contribution is 0.521. The number of aryl methyl sites for hydroxylation is 2. The van der Waals surface area contributed by atoms with E-state index in [-0.39, 0.29) is 0 Å². The first-order valence-corrected chi connectivity index (χ1v) is 8.00. The van der Waals surface area contributed by atoms with Crippen LogP contribution >= 0.6 is 11.6 Å². The molecule has 0 amide bonds. The number of nitrogens with one attached hydrogen (secondary N) is 1. The fourth-order valence-corrected chi connectivity index (χ4v) is 2.88. The van der Waals surface area contributed by atoms with Gasteiger partial charge in [0.25, 0.3) is 0 Å². The molecule has 0 saturated carbocycles. The number of benzene rings is 2. The van der Waals surface area contributed by atoms with Crippen molar-refractivity contribution in [2.45, 2.75) is 39.7 Å². The van der Waals surface area contributed by atoms with E-state index in [4.69, 9.17) is 11.6 Å². The Bertz CT molecular complexity index is 592. The monoisotopic (exact) mass is 301 g/mol. The molecule has 0 spiro atoms. The van der Waals surface area contributed by atoms with Crippen molar-refractivity contribution >= 4 is 11.6 Å². The summed E-state index contributed by atoms with van der Waals surface area (Å²) in [5.41, 5.74) is 5.41. The summed E-state index contributed by atoms with van der Waals surface area (Å²) in [4.78, 5) is 0. The maximum Gasteiger partial charge on any atom is 0.0408 e. The third-order valence-electron chi connectivity index (χ3n) is 3.92. The summed E-state index contributed by atoms with van der Waals surface area (Å²) in [5.74, 6) is 0. The molecule has 0 bridgehead atoms. The van der Waals surface area contributed by atoms with Gasteiger partial charge in [-0.15, -0.1) is 0 Å². The molecule has 112 valence electrons. The predicted octanol–water partition coefficient (Wildman–Crippen LogP) is 4.72. The Morgan fingerprint density at radius 3 is 2.29 bits per heavy atom. The highest BCUT2D eigenvalue weighted by atomic mass is 35.5. The second kappa shape index (κ2) is 7.63. The van der Waals surface area contributed by atoms with E-state index in [1.165, 1.54) is 22.3 Å². The van der Waals surface area contributed by atoms with Gasteiger partial charge < -0.3 is 5.32 Å². The Morgan fingerprint density at radius 1 is 0.952 bits per heavy atom. The Labute approximate surface area is 133 Å². The summed E-state index contributed by atoms with van der Waals surface area (Å²) in [6.07, 6.45) is 2.04. The lowest BCUT2D eigenvalue weighted by Crippen LogP contribution is -2.33. The molecule has 0 aliphatic rings. The average molecular weight is 302 g/mol. The van der Waals surface area contributed by atoms with Gasteiger partial charge in [0.15, 0.2) is 0 Å². The van der Waals surface area contributed by atoms with E-state index in [1.54, 1.807) is 0 Å². The normalized spacial score (nSPS) is 12.4. The molecule has 2 heteroatoms. The van der Waals surface area contributed by atoms with Crippen LogP contribution in [0, 0.1) is 13.8 Å². The topological polar surface area (TPSA) is 12.0 Å². The molecule has 1 N–H and O–H groups in total. The van der Waals surface area contributed by atoms with Gasteiger partial charge in [-0.1, -0.05) is 48.9 Å². The van der Waals surface area contributed by atoms with E-state index in [1.807, 2.05) is 12.1 Å². The Morgan fingerprint density at radius 2 is 1.67 bits per heavy atom. The molecular formula is C19H24ClN. The Balaban J connectivity index is 2.09. The zero-order valence-electron chi connectivity index (χ0n) is 13.1. The molecule has 1 unspecified atom stereocenters. The van der Waals surface area contributed by atoms with Crippen LogP contribution in [0.3, 0.4) is 0 Å². The van der Waals surface area contributed by atoms with Gasteiger partial charge in [-0.3, -0.25) is 0 Å². The zero-order valence-corrected chi connectivity index (χ0v) is 13.9. The third-order valence-corrected chi connectivity index (χ3v) is 4.15. The molecule has 0 saturated heterocycles. The van der Waals surface area contributed by atoms with Crippen molar-refractivity contribution in [1.82, 2.24) is 5.32 Å². The van der Waals surface area contributed by atoms with Gasteiger partial charge >= 0.3 is 0 Å². The van der Waals surface area contributed by atoms with E-state index >= 15 is 0 Å². The lowest BCUT2D eigenvalue weighted by Gasteiger charge is -2.19. The summed E-state index contributed by atoms with van der Waals surface area (Å²) in [6, 6.07) is 15.4. The molecule has 0 radical (unpaired) electrons. The maximum atomic E-state index is 6.08. The van der Waals surface area contributed by atoms with Gasteiger partial charge in [-0.2, -0.15) is 0 Å². The number of halogens is 1. The van der Waals surface area contributed by atoms with E-state index in [0.717, 1.165) is 24.4 Å². The summed E-state index contributed by atoms with van der Waals surface area (Å²) >= 11 is 6.08. The highest BCUT2D eigenvalue weighted by Gasteiger charge is 2.10. The summed E-state index contributed by atoms with van der Waals surface area (Å²) in [5, 5.41) is 4.40. The Kier molecular flexibility index (Phi) is 5.84. The van der Waals surface area contributed by atoms with Crippen LogP contribution in [0.4, 0.5) is 0 Å². The Hall–Kier alpha value is -1.31. The zero-order chi connectivity index (χ0) is 15.2. The van der Waals surface area contributed by atoms with Crippen molar-refractivity contribution in [3.8, 4) is 0 Å². The average Bonchev–Trinajstić information content (AvgIpc) is 2.43. The van der Waals surface area contributed by atoms with Gasteiger partial charge in [0.05, 0.1) is 0 Å². The summed E-state index contributed by atoms with van der Waals surface area (Å²) < 4.78 is 0. The molecule has 0 aromatic heterocycles. The first-order valence-electron chi connectivity index (χ1n) is 7.62. The SMILES string of the molecule is CCNC(Cc1cccc(Cl)c1)Cc1ccc(C)c(C)c1. The minimum absolute atomic E-state index is 0.440. The van der Waals surface area contributed by atoms with E-state index in [9.17, 15) is 0 Å². The van der Waals surface area contributed by atoms with Crippen LogP contribution in [0.15, 0.2) is 42.5 Å². The second-order valence-electron chi connectivity index (χ2n) is 5.71. The van der Waals surface area contributed by atoms with Gasteiger partial charge in [0, 0.05) is 11.1 Å². The smallest absolute Gasteiger partial charge is 0.0408 e. The number of likely N-dealkylation sites (N-methyl/N-ethyl adjacent to an activating group) is 1. The van der Waals surface area contributed by atoms with E-state index in [0.29, 0.717) is 6.04 Å². The number of hydrogen-bond donors (Lipinski definition) is 1. The molecule has 1 atom stereocenters. The van der Waals surface area contributed by atoms with Crippen LogP contribution in [0.5, 0.6) is 0 Å². The first-order chi connectivity index (χ1) is 10.1. The second-order valence-corrected chi connectivity index (χ2v) is 6.15. The third kappa shape index (κ3) is 4.87. The minimum Gasteiger partial charge on any atom is -0.314 e. The molecule has 2 rings (SSSR count). The quantitative estimate of drug-likeness (QED) is 0.814. The molecule has 0 aliphatic heterocycles.